The second-order valence-corrected chi connectivity index (χ2v) is 4.89. The summed E-state index contributed by atoms with van der Waals surface area (Å²) in [5.74, 6) is -1.12. The molecule has 8 heteroatoms. The van der Waals surface area contributed by atoms with Crippen molar-refractivity contribution in [2.45, 2.75) is 0 Å². The molecule has 2 aromatic carbocycles. The summed E-state index contributed by atoms with van der Waals surface area (Å²) in [6.07, 6.45) is 0. The van der Waals surface area contributed by atoms with E-state index in [-0.39, 0.29) is 0 Å². The Labute approximate surface area is 128 Å². The second kappa shape index (κ2) is 4.78. The quantitative estimate of drug-likeness (QED) is 0.596. The Bertz CT molecular complexity index is 1090. The predicted molar refractivity (Wildman–Crippen MR) is 79.2 cm³/mol. The zero-order chi connectivity index (χ0) is 16.0. The zero-order valence-corrected chi connectivity index (χ0v) is 11.5. The molecule has 0 amide bonds. The third-order valence-corrected chi connectivity index (χ3v) is 3.38. The Morgan fingerprint density at radius 1 is 1.09 bits per heavy atom. The number of nitrogens with one attached hydrogen (secondary N) is 2. The van der Waals surface area contributed by atoms with Crippen LogP contribution in [0, 0.1) is 23.0 Å². The van der Waals surface area contributed by atoms with Crippen LogP contribution < -0.4 is 5.32 Å². The van der Waals surface area contributed by atoms with Gasteiger partial charge in [-0.3, -0.25) is 5.10 Å². The molecule has 0 saturated carbocycles. The predicted octanol–water partition coefficient (Wildman–Crippen LogP) is 3.10. The molecule has 112 valence electrons. The van der Waals surface area contributed by atoms with Gasteiger partial charge in [-0.2, -0.15) is 10.2 Å². The minimum Gasteiger partial charge on any atom is -0.324 e. The lowest BCUT2D eigenvalue weighted by Gasteiger charge is -2.02. The lowest BCUT2D eigenvalue weighted by Crippen LogP contribution is -1.95. The topological polar surface area (TPSA) is 81.8 Å². The number of aromatic amines is 1. The first-order chi connectivity index (χ1) is 11.1. The Kier molecular flexibility index (Phi) is 2.74. The van der Waals surface area contributed by atoms with Crippen LogP contribution >= 0.6 is 0 Å². The van der Waals surface area contributed by atoms with Gasteiger partial charge in [0, 0.05) is 11.8 Å². The number of imidazole rings is 1. The highest BCUT2D eigenvalue weighted by atomic mass is 19.2. The number of aromatic nitrogens is 4. The fourth-order valence-corrected chi connectivity index (χ4v) is 2.32. The van der Waals surface area contributed by atoms with Crippen LogP contribution in [-0.2, 0) is 0 Å². The molecule has 0 unspecified atom stereocenters. The molecule has 0 atom stereocenters. The number of benzene rings is 2. The first kappa shape index (κ1) is 13.2. The fourth-order valence-electron chi connectivity index (χ4n) is 2.32. The van der Waals surface area contributed by atoms with E-state index in [0.29, 0.717) is 28.5 Å². The van der Waals surface area contributed by atoms with Gasteiger partial charge in [0.15, 0.2) is 11.6 Å². The van der Waals surface area contributed by atoms with Crippen LogP contribution in [-0.4, -0.2) is 19.6 Å². The molecule has 0 aliphatic heterocycles. The SMILES string of the molecule is N#Cc1ccc2c(c1)nc1nc(Nc3ccc(F)c(F)c3)[nH]n12. The maximum absolute atomic E-state index is 13.2. The molecular weight excluding hydrogens is 302 g/mol. The van der Waals surface area contributed by atoms with E-state index < -0.39 is 11.6 Å². The number of halogens is 2. The Morgan fingerprint density at radius 2 is 1.96 bits per heavy atom. The number of anilines is 2. The average molecular weight is 310 g/mol. The van der Waals surface area contributed by atoms with Crippen molar-refractivity contribution >= 4 is 28.4 Å². The minimum atomic E-state index is -0.944. The first-order valence-corrected chi connectivity index (χ1v) is 6.64. The van der Waals surface area contributed by atoms with Gasteiger partial charge in [-0.15, -0.1) is 0 Å². The third kappa shape index (κ3) is 2.15. The average Bonchev–Trinajstić information content (AvgIpc) is 3.07. The summed E-state index contributed by atoms with van der Waals surface area (Å²) in [7, 11) is 0. The molecule has 0 saturated heterocycles. The van der Waals surface area contributed by atoms with E-state index in [1.54, 1.807) is 22.7 Å². The highest BCUT2D eigenvalue weighted by molar-refractivity contribution is 5.80. The maximum Gasteiger partial charge on any atom is 0.253 e. The molecular formula is C15H8F2N6. The van der Waals surface area contributed by atoms with E-state index in [0.717, 1.165) is 17.6 Å². The fraction of sp³-hybridized carbons (Fsp3) is 0. The van der Waals surface area contributed by atoms with E-state index in [2.05, 4.69) is 26.5 Å². The summed E-state index contributed by atoms with van der Waals surface area (Å²) in [4.78, 5) is 8.55. The first-order valence-electron chi connectivity index (χ1n) is 6.64. The molecule has 0 spiro atoms. The maximum atomic E-state index is 13.2. The summed E-state index contributed by atoms with van der Waals surface area (Å²) < 4.78 is 27.8. The van der Waals surface area contributed by atoms with Crippen LogP contribution in [0.1, 0.15) is 5.56 Å². The Balaban J connectivity index is 1.74. The van der Waals surface area contributed by atoms with Crippen molar-refractivity contribution in [3.05, 3.63) is 53.6 Å². The van der Waals surface area contributed by atoms with Crippen molar-refractivity contribution < 1.29 is 8.78 Å². The van der Waals surface area contributed by atoms with E-state index in [1.807, 2.05) is 0 Å². The molecule has 0 aliphatic carbocycles. The number of nitrogens with zero attached hydrogens (tertiary/aromatic N) is 4. The molecule has 0 aliphatic rings. The summed E-state index contributed by atoms with van der Waals surface area (Å²) in [6, 6.07) is 10.6. The van der Waals surface area contributed by atoms with Gasteiger partial charge in [0.05, 0.1) is 22.7 Å². The molecule has 4 aromatic rings. The molecule has 2 heterocycles. The van der Waals surface area contributed by atoms with Crippen molar-refractivity contribution in [3.63, 3.8) is 0 Å². The number of fused-ring (bicyclic) bond motifs is 3. The summed E-state index contributed by atoms with van der Waals surface area (Å²) in [5.41, 5.74) is 2.27. The lowest BCUT2D eigenvalue weighted by atomic mass is 10.2. The standard InChI is InChI=1S/C15H8F2N6/c16-10-3-2-9(6-11(10)17)19-14-21-15-20-12-5-8(7-18)1-4-13(12)23(15)22-14/h1-6H,(H2,19,20,21,22). The van der Waals surface area contributed by atoms with Gasteiger partial charge in [-0.05, 0) is 30.3 Å². The normalized spacial score (nSPS) is 11.0. The van der Waals surface area contributed by atoms with Crippen molar-refractivity contribution in [2.75, 3.05) is 5.32 Å². The molecule has 0 fully saturated rings. The van der Waals surface area contributed by atoms with Crippen LogP contribution in [0.5, 0.6) is 0 Å². The number of hydrogen-bond acceptors (Lipinski definition) is 4. The van der Waals surface area contributed by atoms with Crippen LogP contribution in [0.2, 0.25) is 0 Å². The van der Waals surface area contributed by atoms with Gasteiger partial charge >= 0.3 is 0 Å². The van der Waals surface area contributed by atoms with Gasteiger partial charge in [0.25, 0.3) is 5.78 Å². The second-order valence-electron chi connectivity index (χ2n) is 4.89. The molecule has 2 N–H and O–H groups in total. The third-order valence-electron chi connectivity index (χ3n) is 3.38. The lowest BCUT2D eigenvalue weighted by molar-refractivity contribution is 0.509. The van der Waals surface area contributed by atoms with E-state index in [1.165, 1.54) is 6.07 Å². The van der Waals surface area contributed by atoms with Gasteiger partial charge in [0.2, 0.25) is 5.95 Å². The van der Waals surface area contributed by atoms with Crippen molar-refractivity contribution in [1.82, 2.24) is 19.6 Å². The highest BCUT2D eigenvalue weighted by Crippen LogP contribution is 2.20. The van der Waals surface area contributed by atoms with E-state index in [4.69, 9.17) is 5.26 Å². The molecule has 4 rings (SSSR count). The number of hydrogen-bond donors (Lipinski definition) is 2. The summed E-state index contributed by atoms with van der Waals surface area (Å²) >= 11 is 0. The van der Waals surface area contributed by atoms with Crippen LogP contribution in [0.25, 0.3) is 16.8 Å². The Morgan fingerprint density at radius 3 is 2.74 bits per heavy atom. The van der Waals surface area contributed by atoms with E-state index >= 15 is 0 Å². The zero-order valence-electron chi connectivity index (χ0n) is 11.5. The Hall–Kier alpha value is -3.47. The summed E-state index contributed by atoms with van der Waals surface area (Å²) in [5, 5.41) is 14.7. The van der Waals surface area contributed by atoms with Crippen LogP contribution in [0.3, 0.4) is 0 Å². The van der Waals surface area contributed by atoms with Gasteiger partial charge < -0.3 is 5.32 Å². The van der Waals surface area contributed by atoms with Crippen LogP contribution in [0.4, 0.5) is 20.4 Å². The minimum absolute atomic E-state index is 0.338. The van der Waals surface area contributed by atoms with Crippen molar-refractivity contribution in [2.24, 2.45) is 0 Å². The monoisotopic (exact) mass is 310 g/mol. The van der Waals surface area contributed by atoms with Gasteiger partial charge in [-0.25, -0.2) is 18.3 Å². The van der Waals surface area contributed by atoms with Crippen molar-refractivity contribution in [1.29, 1.82) is 5.26 Å². The van der Waals surface area contributed by atoms with E-state index in [9.17, 15) is 8.78 Å². The van der Waals surface area contributed by atoms with Gasteiger partial charge in [0.1, 0.15) is 0 Å². The summed E-state index contributed by atoms with van der Waals surface area (Å²) in [6.45, 7) is 0. The highest BCUT2D eigenvalue weighted by Gasteiger charge is 2.11. The van der Waals surface area contributed by atoms with Crippen molar-refractivity contribution in [3.8, 4) is 6.07 Å². The molecule has 6 nitrogen and oxygen atoms in total. The number of rotatable bonds is 2. The van der Waals surface area contributed by atoms with Crippen LogP contribution in [0.15, 0.2) is 36.4 Å². The molecule has 0 radical (unpaired) electrons. The number of nitriles is 1. The molecule has 23 heavy (non-hydrogen) atoms. The molecule has 0 bridgehead atoms. The largest absolute Gasteiger partial charge is 0.324 e. The number of H-pyrrole nitrogens is 1. The molecule has 2 aromatic heterocycles. The van der Waals surface area contributed by atoms with Gasteiger partial charge in [-0.1, -0.05) is 0 Å². The smallest absolute Gasteiger partial charge is 0.253 e.